The molecule has 0 aromatic heterocycles. The fourth-order valence-electron chi connectivity index (χ4n) is 1.95. The van der Waals surface area contributed by atoms with Gasteiger partial charge in [-0.15, -0.1) is 0 Å². The number of carbonyl (C=O) groups excluding carboxylic acids is 2. The molecule has 1 unspecified atom stereocenters. The number of amides is 1. The van der Waals surface area contributed by atoms with Gasteiger partial charge in [0.1, 0.15) is 5.60 Å². The monoisotopic (exact) mass is 273 g/mol. The molecule has 0 saturated carbocycles. The van der Waals surface area contributed by atoms with Crippen molar-refractivity contribution < 1.29 is 14.3 Å². The highest BCUT2D eigenvalue weighted by Crippen LogP contribution is 2.23. The lowest BCUT2D eigenvalue weighted by molar-refractivity contribution is -0.122. The van der Waals surface area contributed by atoms with E-state index in [1.165, 1.54) is 4.90 Å². The Kier molecular flexibility index (Phi) is 4.79. The number of allylic oxidation sites excluding steroid dienone is 1. The molecule has 1 aliphatic heterocycles. The fraction of sp³-hybridized carbons (Fsp3) is 0.692. The maximum Gasteiger partial charge on any atom is 0.410 e. The number of likely N-dealkylation sites (tertiary alicyclic amines) is 1. The van der Waals surface area contributed by atoms with E-state index >= 15 is 0 Å². The topological polar surface area (TPSA) is 46.6 Å². The molecule has 0 aromatic rings. The van der Waals surface area contributed by atoms with Gasteiger partial charge < -0.3 is 4.74 Å². The molecule has 18 heavy (non-hydrogen) atoms. The highest BCUT2D eigenvalue weighted by Gasteiger charge is 2.36. The van der Waals surface area contributed by atoms with Gasteiger partial charge in [0.25, 0.3) is 0 Å². The number of halogens is 1. The zero-order valence-electron chi connectivity index (χ0n) is 11.2. The molecule has 1 saturated heterocycles. The molecular formula is C13H20ClNO3. The minimum atomic E-state index is -0.552. The molecule has 0 bridgehead atoms. The van der Waals surface area contributed by atoms with Crippen molar-refractivity contribution in [2.24, 2.45) is 0 Å². The standard InChI is InChI=1S/C13H20ClNO3/c1-9(14)8-11(16)10-6-5-7-15(10)12(17)18-13(2,3)4/h10H,1,5-8H2,2-4H3. The molecule has 0 aromatic carbocycles. The van der Waals surface area contributed by atoms with E-state index in [9.17, 15) is 9.59 Å². The summed E-state index contributed by atoms with van der Waals surface area (Å²) in [6, 6.07) is -0.421. The molecule has 4 nitrogen and oxygen atoms in total. The van der Waals surface area contributed by atoms with Gasteiger partial charge in [-0.1, -0.05) is 18.2 Å². The highest BCUT2D eigenvalue weighted by molar-refractivity contribution is 6.30. The maximum atomic E-state index is 12.0. The minimum Gasteiger partial charge on any atom is -0.444 e. The molecule has 0 spiro atoms. The van der Waals surface area contributed by atoms with E-state index in [1.807, 2.05) is 0 Å². The summed E-state index contributed by atoms with van der Waals surface area (Å²) in [6.45, 7) is 9.47. The van der Waals surface area contributed by atoms with Crippen LogP contribution in [0.3, 0.4) is 0 Å². The lowest BCUT2D eigenvalue weighted by Crippen LogP contribution is -2.43. The van der Waals surface area contributed by atoms with Crippen molar-refractivity contribution in [1.29, 1.82) is 0 Å². The summed E-state index contributed by atoms with van der Waals surface area (Å²) < 4.78 is 5.29. The van der Waals surface area contributed by atoms with Gasteiger partial charge in [0, 0.05) is 18.0 Å². The Morgan fingerprint density at radius 1 is 1.44 bits per heavy atom. The van der Waals surface area contributed by atoms with Crippen LogP contribution in [0.2, 0.25) is 0 Å². The number of rotatable bonds is 3. The number of hydrogen-bond acceptors (Lipinski definition) is 3. The number of carbonyl (C=O) groups is 2. The summed E-state index contributed by atoms with van der Waals surface area (Å²) in [5.41, 5.74) is -0.552. The van der Waals surface area contributed by atoms with Gasteiger partial charge >= 0.3 is 6.09 Å². The van der Waals surface area contributed by atoms with Crippen LogP contribution in [0.1, 0.15) is 40.0 Å². The van der Waals surface area contributed by atoms with Crippen LogP contribution in [0.15, 0.2) is 11.6 Å². The first kappa shape index (κ1) is 15.0. The zero-order chi connectivity index (χ0) is 13.9. The van der Waals surface area contributed by atoms with Gasteiger partial charge in [-0.3, -0.25) is 9.69 Å². The van der Waals surface area contributed by atoms with Crippen LogP contribution in [0.25, 0.3) is 0 Å². The van der Waals surface area contributed by atoms with Gasteiger partial charge in [0.15, 0.2) is 5.78 Å². The molecule has 0 N–H and O–H groups in total. The van der Waals surface area contributed by atoms with E-state index < -0.39 is 17.7 Å². The van der Waals surface area contributed by atoms with Crippen LogP contribution in [0.5, 0.6) is 0 Å². The third-order valence-electron chi connectivity index (χ3n) is 2.62. The van der Waals surface area contributed by atoms with Gasteiger partial charge in [-0.05, 0) is 33.6 Å². The lowest BCUT2D eigenvalue weighted by Gasteiger charge is -2.27. The quantitative estimate of drug-likeness (QED) is 0.794. The molecule has 1 rings (SSSR count). The SMILES string of the molecule is C=C(Cl)CC(=O)C1CCCN1C(=O)OC(C)(C)C. The molecule has 5 heteroatoms. The van der Waals surface area contributed by atoms with Crippen molar-refractivity contribution in [2.45, 2.75) is 51.7 Å². The molecule has 0 aliphatic carbocycles. The van der Waals surface area contributed by atoms with Crippen LogP contribution >= 0.6 is 11.6 Å². The number of nitrogens with zero attached hydrogens (tertiary/aromatic N) is 1. The molecule has 1 atom stereocenters. The summed E-state index contributed by atoms with van der Waals surface area (Å²) in [4.78, 5) is 25.4. The van der Waals surface area contributed by atoms with Crippen LogP contribution in [0, 0.1) is 0 Å². The lowest BCUT2D eigenvalue weighted by atomic mass is 10.1. The predicted molar refractivity (Wildman–Crippen MR) is 70.6 cm³/mol. The predicted octanol–water partition coefficient (Wildman–Crippen LogP) is 3.10. The number of ketones is 1. The largest absolute Gasteiger partial charge is 0.444 e. The van der Waals surface area contributed by atoms with Crippen LogP contribution < -0.4 is 0 Å². The Hall–Kier alpha value is -1.03. The second-order valence-corrected chi connectivity index (χ2v) is 6.03. The van der Waals surface area contributed by atoms with Crippen molar-refractivity contribution >= 4 is 23.5 Å². The maximum absolute atomic E-state index is 12.0. The zero-order valence-corrected chi connectivity index (χ0v) is 11.9. The van der Waals surface area contributed by atoms with Crippen molar-refractivity contribution in [2.75, 3.05) is 6.54 Å². The van der Waals surface area contributed by atoms with Crippen LogP contribution in [-0.4, -0.2) is 35.0 Å². The fourth-order valence-corrected chi connectivity index (χ4v) is 2.08. The second kappa shape index (κ2) is 5.74. The van der Waals surface area contributed by atoms with Crippen molar-refractivity contribution in [3.05, 3.63) is 11.6 Å². The first-order valence-electron chi connectivity index (χ1n) is 6.06. The Bertz CT molecular complexity index is 360. The Balaban J connectivity index is 2.67. The van der Waals surface area contributed by atoms with Crippen molar-refractivity contribution in [1.82, 2.24) is 4.90 Å². The molecule has 1 heterocycles. The molecule has 1 fully saturated rings. The van der Waals surface area contributed by atoms with Crippen LogP contribution in [-0.2, 0) is 9.53 Å². The summed E-state index contributed by atoms with van der Waals surface area (Å²) in [5.74, 6) is -0.0710. The summed E-state index contributed by atoms with van der Waals surface area (Å²) in [6.07, 6.45) is 1.15. The highest BCUT2D eigenvalue weighted by atomic mass is 35.5. The first-order chi connectivity index (χ1) is 8.20. The van der Waals surface area contributed by atoms with Gasteiger partial charge in [0.2, 0.25) is 0 Å². The third-order valence-corrected chi connectivity index (χ3v) is 2.75. The smallest absolute Gasteiger partial charge is 0.410 e. The van der Waals surface area contributed by atoms with E-state index in [0.717, 1.165) is 6.42 Å². The summed E-state index contributed by atoms with van der Waals surface area (Å²) >= 11 is 5.63. The van der Waals surface area contributed by atoms with E-state index in [0.29, 0.717) is 18.0 Å². The van der Waals surface area contributed by atoms with Crippen molar-refractivity contribution in [3.63, 3.8) is 0 Å². The average Bonchev–Trinajstić information content (AvgIpc) is 2.61. The van der Waals surface area contributed by atoms with Gasteiger partial charge in [0.05, 0.1) is 6.04 Å². The Morgan fingerprint density at radius 3 is 2.56 bits per heavy atom. The molecular weight excluding hydrogens is 254 g/mol. The Morgan fingerprint density at radius 2 is 2.06 bits per heavy atom. The summed E-state index contributed by atoms with van der Waals surface area (Å²) in [5, 5.41) is 0.302. The third kappa shape index (κ3) is 4.33. The average molecular weight is 274 g/mol. The second-order valence-electron chi connectivity index (χ2n) is 5.49. The summed E-state index contributed by atoms with van der Waals surface area (Å²) in [7, 11) is 0. The van der Waals surface area contributed by atoms with Gasteiger partial charge in [-0.25, -0.2) is 4.79 Å². The van der Waals surface area contributed by atoms with Gasteiger partial charge in [-0.2, -0.15) is 0 Å². The molecule has 1 amide bonds. The van der Waals surface area contributed by atoms with Crippen LogP contribution in [0.4, 0.5) is 4.79 Å². The van der Waals surface area contributed by atoms with E-state index in [2.05, 4.69) is 6.58 Å². The van der Waals surface area contributed by atoms with E-state index in [-0.39, 0.29) is 12.2 Å². The Labute approximate surface area is 113 Å². The number of hydrogen-bond donors (Lipinski definition) is 0. The minimum absolute atomic E-state index is 0.0710. The van der Waals surface area contributed by atoms with E-state index in [4.69, 9.17) is 16.3 Å². The van der Waals surface area contributed by atoms with E-state index in [1.54, 1.807) is 20.8 Å². The van der Waals surface area contributed by atoms with Crippen molar-refractivity contribution in [3.8, 4) is 0 Å². The number of Topliss-reactive ketones (excluding diaryl/α,β-unsaturated/α-hetero) is 1. The molecule has 0 radical (unpaired) electrons. The first-order valence-corrected chi connectivity index (χ1v) is 6.44. The molecule has 1 aliphatic rings. The number of ether oxygens (including phenoxy) is 1. The molecule has 102 valence electrons. The normalized spacial score (nSPS) is 19.8.